The van der Waals surface area contributed by atoms with E-state index in [1.54, 1.807) is 42.6 Å². The number of carbonyl (C=O) groups is 1. The number of fused-ring (bicyclic) bond motifs is 1. The van der Waals surface area contributed by atoms with E-state index in [4.69, 9.17) is 4.74 Å². The van der Waals surface area contributed by atoms with E-state index in [2.05, 4.69) is 14.9 Å². The molecular weight excluding hydrogens is 529 g/mol. The van der Waals surface area contributed by atoms with Crippen LogP contribution in [0.25, 0.3) is 10.9 Å². The number of benzene rings is 1. The smallest absolute Gasteiger partial charge is 0.308 e. The summed E-state index contributed by atoms with van der Waals surface area (Å²) in [5, 5.41) is 23.7. The van der Waals surface area contributed by atoms with Gasteiger partial charge in [0.1, 0.15) is 10.1 Å². The first-order valence-electron chi connectivity index (χ1n) is 11.1. The van der Waals surface area contributed by atoms with Crippen molar-refractivity contribution in [3.8, 4) is 5.75 Å². The molecule has 11 heteroatoms. The molecule has 1 aliphatic heterocycles. The van der Waals surface area contributed by atoms with Crippen LogP contribution in [0.3, 0.4) is 0 Å². The lowest BCUT2D eigenvalue weighted by Crippen LogP contribution is -2.44. The number of halogens is 2. The van der Waals surface area contributed by atoms with Crippen molar-refractivity contribution in [2.75, 3.05) is 32.5 Å². The largest absolute Gasteiger partial charge is 0.497 e. The summed E-state index contributed by atoms with van der Waals surface area (Å²) in [4.78, 5) is 22.9. The Balaban J connectivity index is 0.00000216. The third kappa shape index (κ3) is 7.68. The number of thiazole rings is 1. The fourth-order valence-electron chi connectivity index (χ4n) is 4.53. The Labute approximate surface area is 226 Å². The van der Waals surface area contributed by atoms with E-state index < -0.39 is 18.0 Å². The van der Waals surface area contributed by atoms with Crippen molar-refractivity contribution in [2.45, 2.75) is 29.7 Å². The quantitative estimate of drug-likeness (QED) is 0.328. The Kier molecular flexibility index (Phi) is 12.0. The summed E-state index contributed by atoms with van der Waals surface area (Å²) in [5.41, 5.74) is 1.61. The van der Waals surface area contributed by atoms with Crippen LogP contribution in [0.15, 0.2) is 46.4 Å². The van der Waals surface area contributed by atoms with Crippen LogP contribution in [0.1, 0.15) is 30.9 Å². The minimum atomic E-state index is -0.745. The zero-order valence-corrected chi connectivity index (χ0v) is 22.7. The van der Waals surface area contributed by atoms with Crippen molar-refractivity contribution < 1.29 is 19.7 Å². The average molecular weight is 561 g/mol. The van der Waals surface area contributed by atoms with E-state index in [1.807, 2.05) is 29.6 Å². The highest BCUT2D eigenvalue weighted by Gasteiger charge is 2.34. The number of hydrogen-bond acceptors (Lipinski definition) is 8. The Morgan fingerprint density at radius 2 is 2.11 bits per heavy atom. The Morgan fingerprint density at radius 3 is 2.83 bits per heavy atom. The maximum Gasteiger partial charge on any atom is 0.308 e. The normalized spacial score (nSPS) is 18.9. The standard InChI is InChI=1S/C24H29N3O4S2.2ClH/c1-31-17-3-4-21-19(14-17)18(6-8-25-21)22(28)5-2-16-7-10-27(15-20(16)23(29)30)11-13-33-24-26-9-12-32-24;;/h3-4,6,8-9,12,14,16,20,22,28H,2,5,7,10-11,13,15H2,1H3,(H,29,30);2*1H/t16-,20+,22+;;/m1../s1. The highest BCUT2D eigenvalue weighted by molar-refractivity contribution is 8.01. The first-order chi connectivity index (χ1) is 16.0. The van der Waals surface area contributed by atoms with Gasteiger partial charge in [-0.05, 0) is 61.6 Å². The molecule has 1 aliphatic rings. The molecule has 1 aromatic carbocycles. The summed E-state index contributed by atoms with van der Waals surface area (Å²) < 4.78 is 6.38. The number of thioether (sulfide) groups is 1. The van der Waals surface area contributed by atoms with Crippen molar-refractivity contribution in [2.24, 2.45) is 11.8 Å². The summed E-state index contributed by atoms with van der Waals surface area (Å²) >= 11 is 3.35. The topological polar surface area (TPSA) is 95.8 Å². The molecule has 0 aliphatic carbocycles. The number of pyridine rings is 1. The van der Waals surface area contributed by atoms with Crippen LogP contribution in [-0.2, 0) is 4.79 Å². The molecule has 3 atom stereocenters. The lowest BCUT2D eigenvalue weighted by atomic mass is 9.81. The van der Waals surface area contributed by atoms with Gasteiger partial charge in [0.05, 0.1) is 24.6 Å². The van der Waals surface area contributed by atoms with E-state index in [9.17, 15) is 15.0 Å². The van der Waals surface area contributed by atoms with Gasteiger partial charge in [-0.25, -0.2) is 4.98 Å². The molecule has 0 saturated carbocycles. The number of aliphatic hydroxyl groups excluding tert-OH is 1. The summed E-state index contributed by atoms with van der Waals surface area (Å²) in [6, 6.07) is 7.46. The van der Waals surface area contributed by atoms with Gasteiger partial charge in [-0.15, -0.1) is 36.2 Å². The van der Waals surface area contributed by atoms with Crippen LogP contribution < -0.4 is 4.74 Å². The number of aromatic nitrogens is 2. The molecule has 2 N–H and O–H groups in total. The van der Waals surface area contributed by atoms with Gasteiger partial charge in [0.15, 0.2) is 0 Å². The number of nitrogens with zero attached hydrogens (tertiary/aromatic N) is 3. The summed E-state index contributed by atoms with van der Waals surface area (Å²) in [5.74, 6) is 0.524. The fraction of sp³-hybridized carbons (Fsp3) is 0.458. The van der Waals surface area contributed by atoms with Crippen LogP contribution in [0.5, 0.6) is 5.75 Å². The zero-order valence-electron chi connectivity index (χ0n) is 19.4. The molecule has 2 aromatic heterocycles. The number of hydrogen-bond donors (Lipinski definition) is 2. The minimum Gasteiger partial charge on any atom is -0.497 e. The summed E-state index contributed by atoms with van der Waals surface area (Å²) in [6.45, 7) is 2.30. The second kappa shape index (κ2) is 14.2. The molecule has 1 fully saturated rings. The number of likely N-dealkylation sites (tertiary alicyclic amines) is 1. The predicted molar refractivity (Wildman–Crippen MR) is 145 cm³/mol. The number of aliphatic hydroxyl groups is 1. The van der Waals surface area contributed by atoms with E-state index in [1.165, 1.54) is 0 Å². The molecule has 0 unspecified atom stereocenters. The molecule has 0 radical (unpaired) electrons. The van der Waals surface area contributed by atoms with Gasteiger partial charge in [0, 0.05) is 42.0 Å². The third-order valence-electron chi connectivity index (χ3n) is 6.35. The number of methoxy groups -OCH3 is 1. The van der Waals surface area contributed by atoms with Gasteiger partial charge >= 0.3 is 5.97 Å². The van der Waals surface area contributed by atoms with Gasteiger partial charge in [-0.3, -0.25) is 9.78 Å². The van der Waals surface area contributed by atoms with Crippen LogP contribution in [0.4, 0.5) is 0 Å². The molecule has 4 rings (SSSR count). The Bertz CT molecular complexity index is 1070. The number of aliphatic carboxylic acids is 1. The van der Waals surface area contributed by atoms with Gasteiger partial charge in [0.25, 0.3) is 0 Å². The SMILES string of the molecule is COc1ccc2nccc([C@@H](O)CC[C@@H]3CCN(CCSc4nccs4)C[C@@H]3C(=O)O)c2c1.Cl.Cl. The second-order valence-corrected chi connectivity index (χ2v) is 10.6. The van der Waals surface area contributed by atoms with Gasteiger partial charge in [-0.1, -0.05) is 11.8 Å². The summed E-state index contributed by atoms with van der Waals surface area (Å²) in [6.07, 6.45) is 4.85. The molecule has 1 saturated heterocycles. The second-order valence-electron chi connectivity index (χ2n) is 8.32. The minimum absolute atomic E-state index is 0. The predicted octanol–water partition coefficient (Wildman–Crippen LogP) is 5.17. The summed E-state index contributed by atoms with van der Waals surface area (Å²) in [7, 11) is 1.61. The number of piperidine rings is 1. The van der Waals surface area contributed by atoms with Crippen molar-refractivity contribution in [3.63, 3.8) is 0 Å². The molecule has 35 heavy (non-hydrogen) atoms. The zero-order chi connectivity index (χ0) is 23.2. The van der Waals surface area contributed by atoms with Gasteiger partial charge < -0.3 is 19.8 Å². The van der Waals surface area contributed by atoms with Crippen molar-refractivity contribution in [1.29, 1.82) is 0 Å². The van der Waals surface area contributed by atoms with Crippen LogP contribution in [0, 0.1) is 11.8 Å². The lowest BCUT2D eigenvalue weighted by Gasteiger charge is -2.36. The van der Waals surface area contributed by atoms with E-state index in [0.717, 1.165) is 51.8 Å². The molecule has 7 nitrogen and oxygen atoms in total. The lowest BCUT2D eigenvalue weighted by molar-refractivity contribution is -0.146. The van der Waals surface area contributed by atoms with Gasteiger partial charge in [0.2, 0.25) is 0 Å². The molecule has 0 spiro atoms. The van der Waals surface area contributed by atoms with Crippen molar-refractivity contribution in [1.82, 2.24) is 14.9 Å². The van der Waals surface area contributed by atoms with E-state index >= 15 is 0 Å². The van der Waals surface area contributed by atoms with Crippen LogP contribution >= 0.6 is 47.9 Å². The molecule has 3 aromatic rings. The van der Waals surface area contributed by atoms with Crippen molar-refractivity contribution in [3.05, 3.63) is 47.6 Å². The highest BCUT2D eigenvalue weighted by atomic mass is 35.5. The number of ether oxygens (including phenoxy) is 1. The number of carboxylic acids is 1. The number of rotatable bonds is 10. The first kappa shape index (κ1) is 29.6. The average Bonchev–Trinajstić information content (AvgIpc) is 3.35. The van der Waals surface area contributed by atoms with Crippen molar-refractivity contribution >= 4 is 64.8 Å². The fourth-order valence-corrected chi connectivity index (χ4v) is 6.24. The first-order valence-corrected chi connectivity index (χ1v) is 13.0. The monoisotopic (exact) mass is 559 g/mol. The highest BCUT2D eigenvalue weighted by Crippen LogP contribution is 2.34. The van der Waals surface area contributed by atoms with E-state index in [-0.39, 0.29) is 30.7 Å². The molecule has 0 bridgehead atoms. The molecular formula is C24H31Cl2N3O4S2. The van der Waals surface area contributed by atoms with Crippen LogP contribution in [0.2, 0.25) is 0 Å². The molecule has 3 heterocycles. The maximum atomic E-state index is 12.0. The third-order valence-corrected chi connectivity index (χ3v) is 8.30. The molecule has 192 valence electrons. The molecule has 0 amide bonds. The van der Waals surface area contributed by atoms with E-state index in [0.29, 0.717) is 19.4 Å². The van der Waals surface area contributed by atoms with Gasteiger partial charge in [-0.2, -0.15) is 0 Å². The Morgan fingerprint density at radius 1 is 1.29 bits per heavy atom. The maximum absolute atomic E-state index is 12.0. The Hall–Kier alpha value is -1.62. The number of carboxylic acid groups (broad SMARTS) is 1. The van der Waals surface area contributed by atoms with Crippen LogP contribution in [-0.4, -0.2) is 63.5 Å².